The minimum atomic E-state index is -0.850. The third kappa shape index (κ3) is 4.95. The van der Waals surface area contributed by atoms with Crippen molar-refractivity contribution in [3.8, 4) is 5.75 Å². The van der Waals surface area contributed by atoms with Crippen molar-refractivity contribution in [2.75, 3.05) is 6.61 Å². The Morgan fingerprint density at radius 2 is 2.03 bits per heavy atom. The van der Waals surface area contributed by atoms with Gasteiger partial charge < -0.3 is 15.4 Å². The number of halogens is 1. The van der Waals surface area contributed by atoms with Gasteiger partial charge in [-0.25, -0.2) is 4.39 Å². The predicted octanol–water partition coefficient (Wildman–Crippen LogP) is 4.10. The lowest BCUT2D eigenvalue weighted by atomic mass is 9.89. The summed E-state index contributed by atoms with van der Waals surface area (Å²) in [5, 5.41) is 15.1. The van der Waals surface area contributed by atoms with Crippen molar-refractivity contribution >= 4 is 10.9 Å². The van der Waals surface area contributed by atoms with Gasteiger partial charge in [0.25, 0.3) is 0 Å². The second kappa shape index (κ2) is 9.37. The topological polar surface area (TPSA) is 62.0 Å². The third-order valence-electron chi connectivity index (χ3n) is 5.70. The first kappa shape index (κ1) is 19.9. The van der Waals surface area contributed by atoms with Crippen molar-refractivity contribution in [2.24, 2.45) is 0 Å². The molecule has 29 heavy (non-hydrogen) atoms. The Kier molecular flexibility index (Phi) is 6.42. The molecule has 1 fully saturated rings. The predicted molar refractivity (Wildman–Crippen MR) is 114 cm³/mol. The zero-order valence-corrected chi connectivity index (χ0v) is 16.8. The molecule has 0 unspecified atom stereocenters. The number of H-pyrrole nitrogens is 1. The summed E-state index contributed by atoms with van der Waals surface area (Å²) in [7, 11) is 0. The van der Waals surface area contributed by atoms with Crippen LogP contribution in [0.25, 0.3) is 10.9 Å². The Morgan fingerprint density at radius 1 is 1.14 bits per heavy atom. The lowest BCUT2D eigenvalue weighted by molar-refractivity contribution is 0.160. The van der Waals surface area contributed by atoms with E-state index in [0.717, 1.165) is 41.6 Å². The fourth-order valence-electron chi connectivity index (χ4n) is 4.08. The van der Waals surface area contributed by atoms with Gasteiger partial charge in [-0.1, -0.05) is 24.3 Å². The zero-order chi connectivity index (χ0) is 20.1. The van der Waals surface area contributed by atoms with Crippen LogP contribution in [0.4, 0.5) is 4.39 Å². The van der Waals surface area contributed by atoms with Crippen LogP contribution in [-0.2, 0) is 13.1 Å². The highest BCUT2D eigenvalue weighted by Crippen LogP contribution is 2.24. The fourth-order valence-corrected chi connectivity index (χ4v) is 4.08. The van der Waals surface area contributed by atoms with Gasteiger partial charge >= 0.3 is 0 Å². The van der Waals surface area contributed by atoms with Crippen LogP contribution in [0.1, 0.15) is 37.3 Å². The van der Waals surface area contributed by atoms with Gasteiger partial charge in [-0.2, -0.15) is 5.10 Å². The van der Waals surface area contributed by atoms with Crippen LogP contribution in [0, 0.1) is 0 Å². The number of para-hydroxylation sites is 1. The number of ether oxygens (including phenoxy) is 1. The van der Waals surface area contributed by atoms with Crippen LogP contribution in [0.5, 0.6) is 5.75 Å². The van der Waals surface area contributed by atoms with Crippen molar-refractivity contribution in [3.63, 3.8) is 0 Å². The number of benzene rings is 2. The molecule has 0 aliphatic heterocycles. The first-order chi connectivity index (χ1) is 14.2. The van der Waals surface area contributed by atoms with E-state index in [2.05, 4.69) is 33.0 Å². The number of hydrogen-bond donors (Lipinski definition) is 3. The first-order valence-electron chi connectivity index (χ1n) is 10.5. The van der Waals surface area contributed by atoms with Crippen molar-refractivity contribution < 1.29 is 9.13 Å². The van der Waals surface area contributed by atoms with Crippen LogP contribution in [0.2, 0.25) is 0 Å². The van der Waals surface area contributed by atoms with Crippen molar-refractivity contribution in [1.82, 2.24) is 20.8 Å². The van der Waals surface area contributed by atoms with E-state index >= 15 is 0 Å². The van der Waals surface area contributed by atoms with E-state index in [0.29, 0.717) is 19.6 Å². The lowest BCUT2D eigenvalue weighted by Gasteiger charge is -2.33. The molecule has 0 bridgehead atoms. The highest BCUT2D eigenvalue weighted by Gasteiger charge is 2.30. The van der Waals surface area contributed by atoms with Crippen molar-refractivity contribution in [2.45, 2.75) is 57.5 Å². The van der Waals surface area contributed by atoms with Gasteiger partial charge in [-0.3, -0.25) is 5.10 Å². The zero-order valence-electron chi connectivity index (χ0n) is 16.8. The second-order valence-electron chi connectivity index (χ2n) is 7.73. The van der Waals surface area contributed by atoms with Crippen LogP contribution in [-0.4, -0.2) is 35.1 Å². The van der Waals surface area contributed by atoms with Crippen molar-refractivity contribution in [1.29, 1.82) is 0 Å². The maximum atomic E-state index is 14.8. The molecule has 0 amide bonds. The molecule has 1 aromatic heterocycles. The smallest absolute Gasteiger partial charge is 0.123 e. The molecule has 0 spiro atoms. The largest absolute Gasteiger partial charge is 0.494 e. The van der Waals surface area contributed by atoms with Gasteiger partial charge in [0, 0.05) is 36.1 Å². The third-order valence-corrected chi connectivity index (χ3v) is 5.70. The minimum absolute atomic E-state index is 0.106. The molecule has 3 aromatic rings. The second-order valence-corrected chi connectivity index (χ2v) is 7.73. The van der Waals surface area contributed by atoms with Crippen LogP contribution >= 0.6 is 0 Å². The molecule has 2 aromatic carbocycles. The van der Waals surface area contributed by atoms with Gasteiger partial charge in [0.05, 0.1) is 18.3 Å². The van der Waals surface area contributed by atoms with E-state index in [9.17, 15) is 4.39 Å². The standard InChI is InChI=1S/C23H29FN4O/c1-2-29-23-6-4-3-5-17(23)14-26-22-10-8-19(12-20(22)24)25-13-16-7-9-21-18(11-16)15-27-28-21/h3-7,9,11,15,19-20,22,25-26H,2,8,10,12-14H2,1H3,(H,27,28)/t19-,20+,22-/m0/s1. The van der Waals surface area contributed by atoms with Gasteiger partial charge in [0.2, 0.25) is 0 Å². The summed E-state index contributed by atoms with van der Waals surface area (Å²) in [6.07, 6.45) is 3.32. The molecule has 5 nitrogen and oxygen atoms in total. The van der Waals surface area contributed by atoms with E-state index in [1.54, 1.807) is 0 Å². The summed E-state index contributed by atoms with van der Waals surface area (Å²) in [4.78, 5) is 0. The maximum absolute atomic E-state index is 14.8. The van der Waals surface area contributed by atoms with E-state index < -0.39 is 6.17 Å². The summed E-state index contributed by atoms with van der Waals surface area (Å²) >= 11 is 0. The number of nitrogens with one attached hydrogen (secondary N) is 3. The molecular weight excluding hydrogens is 367 g/mol. The van der Waals surface area contributed by atoms with E-state index in [-0.39, 0.29) is 12.1 Å². The summed E-state index contributed by atoms with van der Waals surface area (Å²) in [6, 6.07) is 14.3. The van der Waals surface area contributed by atoms with Crippen LogP contribution < -0.4 is 15.4 Å². The minimum Gasteiger partial charge on any atom is -0.494 e. The Morgan fingerprint density at radius 3 is 2.90 bits per heavy atom. The number of hydrogen-bond acceptors (Lipinski definition) is 4. The average Bonchev–Trinajstić information content (AvgIpc) is 3.21. The molecule has 1 aliphatic rings. The van der Waals surface area contributed by atoms with Gasteiger partial charge in [0.1, 0.15) is 11.9 Å². The monoisotopic (exact) mass is 396 g/mol. The van der Waals surface area contributed by atoms with E-state index in [1.165, 1.54) is 5.56 Å². The number of nitrogens with zero attached hydrogens (tertiary/aromatic N) is 1. The van der Waals surface area contributed by atoms with E-state index in [1.807, 2.05) is 43.5 Å². The molecule has 4 rings (SSSR count). The highest BCUT2D eigenvalue weighted by atomic mass is 19.1. The van der Waals surface area contributed by atoms with Crippen LogP contribution in [0.15, 0.2) is 48.7 Å². The Bertz CT molecular complexity index is 928. The van der Waals surface area contributed by atoms with Gasteiger partial charge in [-0.15, -0.1) is 0 Å². The first-order valence-corrected chi connectivity index (χ1v) is 10.5. The molecule has 154 valence electrons. The summed E-state index contributed by atoms with van der Waals surface area (Å²) in [5.74, 6) is 0.878. The molecule has 0 saturated heterocycles. The van der Waals surface area contributed by atoms with Gasteiger partial charge in [0.15, 0.2) is 0 Å². The number of aromatic nitrogens is 2. The molecule has 6 heteroatoms. The number of fused-ring (bicyclic) bond motifs is 1. The normalized spacial score (nSPS) is 22.1. The molecule has 1 aliphatic carbocycles. The molecule has 1 saturated carbocycles. The summed E-state index contributed by atoms with van der Waals surface area (Å²) in [5.41, 5.74) is 3.31. The van der Waals surface area contributed by atoms with Crippen LogP contribution in [0.3, 0.4) is 0 Å². The van der Waals surface area contributed by atoms with Gasteiger partial charge in [-0.05, 0) is 49.9 Å². The number of rotatable bonds is 8. The number of alkyl halides is 1. The summed E-state index contributed by atoms with van der Waals surface area (Å²) in [6.45, 7) is 3.98. The molecule has 1 heterocycles. The Labute approximate surface area is 171 Å². The Balaban J connectivity index is 1.26. The molecule has 0 radical (unpaired) electrons. The number of aromatic amines is 1. The Hall–Kier alpha value is -2.44. The summed E-state index contributed by atoms with van der Waals surface area (Å²) < 4.78 is 20.5. The molecule has 3 atom stereocenters. The average molecular weight is 397 g/mol. The lowest BCUT2D eigenvalue weighted by Crippen LogP contribution is -2.46. The quantitative estimate of drug-likeness (QED) is 0.536. The molecular formula is C23H29FN4O. The van der Waals surface area contributed by atoms with Crippen molar-refractivity contribution in [3.05, 3.63) is 59.8 Å². The SMILES string of the molecule is CCOc1ccccc1CN[C@H]1CC[C@H](NCc2ccc3[nH]ncc3c2)C[C@H]1F. The maximum Gasteiger partial charge on any atom is 0.123 e. The highest BCUT2D eigenvalue weighted by molar-refractivity contribution is 5.78. The van der Waals surface area contributed by atoms with E-state index in [4.69, 9.17) is 4.74 Å². The fraction of sp³-hybridized carbons (Fsp3) is 0.435. The molecule has 3 N–H and O–H groups in total.